The van der Waals surface area contributed by atoms with Crippen LogP contribution in [0.1, 0.15) is 16.9 Å². The van der Waals surface area contributed by atoms with Gasteiger partial charge in [-0.25, -0.2) is 4.79 Å². The van der Waals surface area contributed by atoms with Crippen LogP contribution >= 0.6 is 34.5 Å². The summed E-state index contributed by atoms with van der Waals surface area (Å²) in [5.74, 6) is -1.38. The molecule has 0 fully saturated rings. The lowest BCUT2D eigenvalue weighted by Crippen LogP contribution is -2.42. The summed E-state index contributed by atoms with van der Waals surface area (Å²) in [6.45, 7) is 0. The van der Waals surface area contributed by atoms with Gasteiger partial charge in [-0.1, -0.05) is 29.3 Å². The van der Waals surface area contributed by atoms with E-state index in [1.807, 2.05) is 17.5 Å². The first-order valence-electron chi connectivity index (χ1n) is 6.93. The quantitative estimate of drug-likeness (QED) is 0.777. The fourth-order valence-electron chi connectivity index (χ4n) is 2.12. The van der Waals surface area contributed by atoms with Crippen LogP contribution in [0.4, 0.5) is 0 Å². The molecule has 1 aromatic heterocycles. The van der Waals surface area contributed by atoms with E-state index in [9.17, 15) is 14.7 Å². The average Bonchev–Trinajstić information content (AvgIpc) is 2.96. The van der Waals surface area contributed by atoms with E-state index >= 15 is 0 Å². The van der Waals surface area contributed by atoms with Gasteiger partial charge < -0.3 is 10.4 Å². The lowest BCUT2D eigenvalue weighted by atomic mass is 10.1. The molecule has 122 valence electrons. The van der Waals surface area contributed by atoms with Crippen LogP contribution in [0.25, 0.3) is 0 Å². The SMILES string of the molecule is O=C(CCc1cccs1)NC(Cc1cc(Cl)cc(Cl)c1)C(=O)O. The number of carbonyl (C=O) groups is 2. The third-order valence-electron chi connectivity index (χ3n) is 3.17. The topological polar surface area (TPSA) is 66.4 Å². The van der Waals surface area contributed by atoms with Crippen LogP contribution in [-0.4, -0.2) is 23.0 Å². The standard InChI is InChI=1S/C16H15Cl2NO3S/c17-11-6-10(7-12(18)9-11)8-14(16(21)22)19-15(20)4-3-13-2-1-5-23-13/h1-2,5-7,9,14H,3-4,8H2,(H,19,20)(H,21,22). The number of carbonyl (C=O) groups excluding carboxylic acids is 1. The fraction of sp³-hybridized carbons (Fsp3) is 0.250. The van der Waals surface area contributed by atoms with Gasteiger partial charge in [0, 0.05) is 27.8 Å². The molecule has 1 heterocycles. The Labute approximate surface area is 148 Å². The normalized spacial score (nSPS) is 11.9. The van der Waals surface area contributed by atoms with E-state index < -0.39 is 12.0 Å². The molecule has 1 amide bonds. The van der Waals surface area contributed by atoms with Crippen molar-refractivity contribution >= 4 is 46.4 Å². The predicted octanol–water partition coefficient (Wildman–Crippen LogP) is 3.80. The van der Waals surface area contributed by atoms with Crippen LogP contribution in [0.2, 0.25) is 10.0 Å². The van der Waals surface area contributed by atoms with E-state index in [0.717, 1.165) is 4.88 Å². The molecule has 0 spiro atoms. The first-order chi connectivity index (χ1) is 10.9. The molecule has 0 bridgehead atoms. The van der Waals surface area contributed by atoms with Crippen LogP contribution < -0.4 is 5.32 Å². The van der Waals surface area contributed by atoms with Crippen molar-refractivity contribution in [2.24, 2.45) is 0 Å². The van der Waals surface area contributed by atoms with E-state index in [4.69, 9.17) is 23.2 Å². The van der Waals surface area contributed by atoms with Crippen molar-refractivity contribution in [2.75, 3.05) is 0 Å². The Kier molecular flexibility index (Phi) is 6.45. The molecule has 0 saturated carbocycles. The van der Waals surface area contributed by atoms with Crippen molar-refractivity contribution < 1.29 is 14.7 Å². The van der Waals surface area contributed by atoms with Crippen molar-refractivity contribution in [2.45, 2.75) is 25.3 Å². The van der Waals surface area contributed by atoms with E-state index in [2.05, 4.69) is 5.32 Å². The van der Waals surface area contributed by atoms with Gasteiger partial charge in [0.1, 0.15) is 6.04 Å². The van der Waals surface area contributed by atoms with Gasteiger partial charge in [0.2, 0.25) is 5.91 Å². The smallest absolute Gasteiger partial charge is 0.326 e. The van der Waals surface area contributed by atoms with Crippen LogP contribution in [0.5, 0.6) is 0 Å². The summed E-state index contributed by atoms with van der Waals surface area (Å²) < 4.78 is 0. The highest BCUT2D eigenvalue weighted by molar-refractivity contribution is 7.09. The minimum atomic E-state index is -1.09. The highest BCUT2D eigenvalue weighted by Crippen LogP contribution is 2.20. The summed E-state index contributed by atoms with van der Waals surface area (Å²) in [6, 6.07) is 7.70. The largest absolute Gasteiger partial charge is 0.480 e. The summed E-state index contributed by atoms with van der Waals surface area (Å²) in [6.07, 6.45) is 0.972. The van der Waals surface area contributed by atoms with Gasteiger partial charge in [-0.05, 0) is 41.6 Å². The van der Waals surface area contributed by atoms with Crippen molar-refractivity contribution in [3.63, 3.8) is 0 Å². The lowest BCUT2D eigenvalue weighted by molar-refractivity contribution is -0.141. The zero-order valence-corrected chi connectivity index (χ0v) is 14.4. The number of halogens is 2. The summed E-state index contributed by atoms with van der Waals surface area (Å²) in [5.41, 5.74) is 0.661. The molecule has 2 aromatic rings. The molecule has 7 heteroatoms. The zero-order chi connectivity index (χ0) is 16.8. The number of benzene rings is 1. The molecule has 2 N–H and O–H groups in total. The number of nitrogens with one attached hydrogen (secondary N) is 1. The number of aliphatic carboxylic acids is 1. The maximum absolute atomic E-state index is 12.0. The van der Waals surface area contributed by atoms with Gasteiger partial charge in [0.05, 0.1) is 0 Å². The number of aryl methyl sites for hydroxylation is 1. The Balaban J connectivity index is 1.95. The second-order valence-corrected chi connectivity index (χ2v) is 6.92. The number of rotatable bonds is 7. The number of carboxylic acids is 1. The third kappa shape index (κ3) is 5.86. The first kappa shape index (κ1) is 17.8. The van der Waals surface area contributed by atoms with Crippen molar-refractivity contribution in [3.8, 4) is 0 Å². The van der Waals surface area contributed by atoms with Gasteiger partial charge in [-0.3, -0.25) is 4.79 Å². The number of amides is 1. The fourth-order valence-corrected chi connectivity index (χ4v) is 3.40. The molecule has 23 heavy (non-hydrogen) atoms. The molecule has 1 atom stereocenters. The highest BCUT2D eigenvalue weighted by atomic mass is 35.5. The van der Waals surface area contributed by atoms with Crippen molar-refractivity contribution in [1.82, 2.24) is 5.32 Å². The molecule has 1 aromatic carbocycles. The lowest BCUT2D eigenvalue weighted by Gasteiger charge is -2.15. The Hall–Kier alpha value is -1.56. The molecule has 0 aliphatic heterocycles. The molecule has 2 rings (SSSR count). The summed E-state index contributed by atoms with van der Waals surface area (Å²) >= 11 is 13.4. The summed E-state index contributed by atoms with van der Waals surface area (Å²) in [7, 11) is 0. The van der Waals surface area contributed by atoms with Crippen LogP contribution in [0.3, 0.4) is 0 Å². The maximum atomic E-state index is 12.0. The molecular formula is C16H15Cl2NO3S. The monoisotopic (exact) mass is 371 g/mol. The molecule has 1 unspecified atom stereocenters. The number of hydrogen-bond donors (Lipinski definition) is 2. The minimum Gasteiger partial charge on any atom is -0.480 e. The van der Waals surface area contributed by atoms with Gasteiger partial charge in [0.15, 0.2) is 0 Å². The number of thiophene rings is 1. The maximum Gasteiger partial charge on any atom is 0.326 e. The van der Waals surface area contributed by atoms with E-state index in [1.165, 1.54) is 0 Å². The molecular weight excluding hydrogens is 357 g/mol. The van der Waals surface area contributed by atoms with Crippen molar-refractivity contribution in [1.29, 1.82) is 0 Å². The number of hydrogen-bond acceptors (Lipinski definition) is 3. The Morgan fingerprint density at radius 3 is 2.48 bits per heavy atom. The Morgan fingerprint density at radius 1 is 1.22 bits per heavy atom. The van der Waals surface area contributed by atoms with Crippen LogP contribution in [-0.2, 0) is 22.4 Å². The molecule has 0 aliphatic carbocycles. The highest BCUT2D eigenvalue weighted by Gasteiger charge is 2.20. The average molecular weight is 372 g/mol. The first-order valence-corrected chi connectivity index (χ1v) is 8.57. The second-order valence-electron chi connectivity index (χ2n) is 5.02. The molecule has 0 radical (unpaired) electrons. The van der Waals surface area contributed by atoms with E-state index in [-0.39, 0.29) is 18.7 Å². The second kappa shape index (κ2) is 8.34. The molecule has 0 aliphatic rings. The molecule has 0 saturated heterocycles. The number of carboxylic acid groups (broad SMARTS) is 1. The Bertz CT molecular complexity index is 668. The van der Waals surface area contributed by atoms with Crippen LogP contribution in [0, 0.1) is 0 Å². The van der Waals surface area contributed by atoms with Gasteiger partial charge in [0.25, 0.3) is 0 Å². The van der Waals surface area contributed by atoms with Crippen LogP contribution in [0.15, 0.2) is 35.7 Å². The third-order valence-corrected chi connectivity index (χ3v) is 4.55. The summed E-state index contributed by atoms with van der Waals surface area (Å²) in [5, 5.41) is 14.6. The van der Waals surface area contributed by atoms with Gasteiger partial charge in [-0.15, -0.1) is 11.3 Å². The van der Waals surface area contributed by atoms with Gasteiger partial charge >= 0.3 is 5.97 Å². The van der Waals surface area contributed by atoms with E-state index in [1.54, 1.807) is 29.5 Å². The predicted molar refractivity (Wildman–Crippen MR) is 92.4 cm³/mol. The zero-order valence-electron chi connectivity index (χ0n) is 12.1. The van der Waals surface area contributed by atoms with E-state index in [0.29, 0.717) is 22.0 Å². The minimum absolute atomic E-state index is 0.125. The van der Waals surface area contributed by atoms with Crippen molar-refractivity contribution in [3.05, 3.63) is 56.2 Å². The Morgan fingerprint density at radius 2 is 1.91 bits per heavy atom. The molecule has 4 nitrogen and oxygen atoms in total. The van der Waals surface area contributed by atoms with Gasteiger partial charge in [-0.2, -0.15) is 0 Å². The summed E-state index contributed by atoms with van der Waals surface area (Å²) in [4.78, 5) is 24.4.